The first-order chi connectivity index (χ1) is 9.74. The standard InChI is InChI=1S/C14H12N4OS/c15-10-4-3-5-11(8-10)20-9-18-14(19)12-6-1-2-7-13(12)16-17-18/h1-8H,9,15H2. The molecule has 0 bridgehead atoms. The molecule has 1 aromatic heterocycles. The van der Waals surface area contributed by atoms with Crippen molar-refractivity contribution in [1.29, 1.82) is 0 Å². The van der Waals surface area contributed by atoms with E-state index in [-0.39, 0.29) is 5.56 Å². The van der Waals surface area contributed by atoms with E-state index in [1.165, 1.54) is 16.4 Å². The highest BCUT2D eigenvalue weighted by molar-refractivity contribution is 7.98. The normalized spacial score (nSPS) is 10.8. The van der Waals surface area contributed by atoms with Gasteiger partial charge in [0.1, 0.15) is 5.52 Å². The van der Waals surface area contributed by atoms with Crippen molar-refractivity contribution in [3.05, 3.63) is 58.9 Å². The fraction of sp³-hybridized carbons (Fsp3) is 0.0714. The van der Waals surface area contributed by atoms with Crippen LogP contribution in [0.5, 0.6) is 0 Å². The molecule has 20 heavy (non-hydrogen) atoms. The van der Waals surface area contributed by atoms with Gasteiger partial charge in [0.05, 0.1) is 11.3 Å². The van der Waals surface area contributed by atoms with Gasteiger partial charge >= 0.3 is 0 Å². The van der Waals surface area contributed by atoms with Gasteiger partial charge in [-0.25, -0.2) is 4.68 Å². The lowest BCUT2D eigenvalue weighted by molar-refractivity contribution is 0.645. The van der Waals surface area contributed by atoms with Crippen LogP contribution in [0.2, 0.25) is 0 Å². The van der Waals surface area contributed by atoms with Gasteiger partial charge in [0.2, 0.25) is 0 Å². The third-order valence-corrected chi connectivity index (χ3v) is 3.80. The molecule has 0 fully saturated rings. The van der Waals surface area contributed by atoms with Gasteiger partial charge in [-0.05, 0) is 30.3 Å². The third kappa shape index (κ3) is 2.50. The van der Waals surface area contributed by atoms with Crippen molar-refractivity contribution in [1.82, 2.24) is 15.0 Å². The fourth-order valence-corrected chi connectivity index (χ4v) is 2.68. The molecule has 2 aromatic carbocycles. The van der Waals surface area contributed by atoms with Gasteiger partial charge < -0.3 is 5.73 Å². The Kier molecular flexibility index (Phi) is 3.39. The quantitative estimate of drug-likeness (QED) is 0.589. The topological polar surface area (TPSA) is 73.8 Å². The van der Waals surface area contributed by atoms with Crippen molar-refractivity contribution in [3.8, 4) is 0 Å². The predicted octanol–water partition coefficient (Wildman–Crippen LogP) is 2.12. The number of hydrogen-bond donors (Lipinski definition) is 1. The van der Waals surface area contributed by atoms with Crippen LogP contribution in [-0.4, -0.2) is 15.0 Å². The SMILES string of the molecule is Nc1cccc(SCn2nnc3ccccc3c2=O)c1. The zero-order valence-corrected chi connectivity index (χ0v) is 11.4. The van der Waals surface area contributed by atoms with Gasteiger partial charge in [0.25, 0.3) is 5.56 Å². The number of aromatic nitrogens is 3. The number of thioether (sulfide) groups is 1. The molecule has 100 valence electrons. The molecule has 3 rings (SSSR count). The first-order valence-corrected chi connectivity index (χ1v) is 7.03. The highest BCUT2D eigenvalue weighted by atomic mass is 32.2. The maximum Gasteiger partial charge on any atom is 0.278 e. The average molecular weight is 284 g/mol. The molecule has 0 aliphatic rings. The summed E-state index contributed by atoms with van der Waals surface area (Å²) in [6.45, 7) is 0. The van der Waals surface area contributed by atoms with E-state index in [1.54, 1.807) is 12.1 Å². The molecule has 1 heterocycles. The van der Waals surface area contributed by atoms with Gasteiger partial charge in [-0.15, -0.1) is 16.9 Å². The number of rotatable bonds is 3. The summed E-state index contributed by atoms with van der Waals surface area (Å²) >= 11 is 1.49. The Bertz CT molecular complexity index is 815. The van der Waals surface area contributed by atoms with E-state index in [1.807, 2.05) is 36.4 Å². The van der Waals surface area contributed by atoms with Gasteiger partial charge in [0, 0.05) is 10.6 Å². The highest BCUT2D eigenvalue weighted by Gasteiger charge is 2.05. The highest BCUT2D eigenvalue weighted by Crippen LogP contribution is 2.21. The van der Waals surface area contributed by atoms with Crippen LogP contribution in [0.15, 0.2) is 58.2 Å². The lowest BCUT2D eigenvalue weighted by Gasteiger charge is -2.05. The monoisotopic (exact) mass is 284 g/mol. The molecule has 0 saturated heterocycles. The van der Waals surface area contributed by atoms with Gasteiger partial charge in [-0.1, -0.05) is 23.4 Å². The summed E-state index contributed by atoms with van der Waals surface area (Å²) in [5.41, 5.74) is 6.90. The lowest BCUT2D eigenvalue weighted by Crippen LogP contribution is -2.23. The van der Waals surface area contributed by atoms with Crippen LogP contribution in [0.1, 0.15) is 0 Å². The first kappa shape index (κ1) is 12.7. The summed E-state index contributed by atoms with van der Waals surface area (Å²) < 4.78 is 1.36. The van der Waals surface area contributed by atoms with Crippen molar-refractivity contribution in [2.24, 2.45) is 0 Å². The molecule has 6 heteroatoms. The molecular formula is C14H12N4OS. The Labute approximate surface area is 119 Å². The average Bonchev–Trinajstić information content (AvgIpc) is 2.47. The second-order valence-corrected chi connectivity index (χ2v) is 5.28. The Morgan fingerprint density at radius 3 is 2.85 bits per heavy atom. The van der Waals surface area contributed by atoms with E-state index in [2.05, 4.69) is 10.3 Å². The molecular weight excluding hydrogens is 272 g/mol. The van der Waals surface area contributed by atoms with Gasteiger partial charge in [-0.3, -0.25) is 4.79 Å². The zero-order valence-electron chi connectivity index (χ0n) is 10.6. The van der Waals surface area contributed by atoms with E-state index < -0.39 is 0 Å². The molecule has 3 aromatic rings. The summed E-state index contributed by atoms with van der Waals surface area (Å²) in [5, 5.41) is 8.57. The maximum atomic E-state index is 12.2. The molecule has 0 saturated carbocycles. The Morgan fingerprint density at radius 2 is 2.00 bits per heavy atom. The predicted molar refractivity (Wildman–Crippen MR) is 80.5 cm³/mol. The number of fused-ring (bicyclic) bond motifs is 1. The maximum absolute atomic E-state index is 12.2. The van der Waals surface area contributed by atoms with Crippen molar-refractivity contribution >= 4 is 28.4 Å². The molecule has 5 nitrogen and oxygen atoms in total. The summed E-state index contributed by atoms with van der Waals surface area (Å²) in [5.74, 6) is 0.403. The van der Waals surface area contributed by atoms with Crippen molar-refractivity contribution in [2.45, 2.75) is 10.8 Å². The van der Waals surface area contributed by atoms with Crippen LogP contribution in [0.3, 0.4) is 0 Å². The van der Waals surface area contributed by atoms with E-state index >= 15 is 0 Å². The number of nitrogens with two attached hydrogens (primary N) is 1. The minimum Gasteiger partial charge on any atom is -0.399 e. The number of anilines is 1. The number of benzene rings is 2. The number of hydrogen-bond acceptors (Lipinski definition) is 5. The van der Waals surface area contributed by atoms with Gasteiger partial charge in [0.15, 0.2) is 0 Å². The number of nitrogens with zero attached hydrogens (tertiary/aromatic N) is 3. The molecule has 0 amide bonds. The Morgan fingerprint density at radius 1 is 1.15 bits per heavy atom. The Balaban J connectivity index is 1.88. The molecule has 0 atom stereocenters. The Hall–Kier alpha value is -2.34. The lowest BCUT2D eigenvalue weighted by atomic mass is 10.2. The largest absolute Gasteiger partial charge is 0.399 e. The third-order valence-electron chi connectivity index (χ3n) is 2.84. The molecule has 0 unspecified atom stereocenters. The molecule has 0 radical (unpaired) electrons. The molecule has 0 aliphatic carbocycles. The zero-order chi connectivity index (χ0) is 13.9. The number of nitrogen functional groups attached to an aromatic ring is 1. The van der Waals surface area contributed by atoms with Crippen molar-refractivity contribution < 1.29 is 0 Å². The fourth-order valence-electron chi connectivity index (χ4n) is 1.85. The minimum absolute atomic E-state index is 0.132. The second-order valence-electron chi connectivity index (χ2n) is 4.26. The van der Waals surface area contributed by atoms with Crippen LogP contribution < -0.4 is 11.3 Å². The van der Waals surface area contributed by atoms with E-state index in [4.69, 9.17) is 5.73 Å². The van der Waals surface area contributed by atoms with E-state index in [0.717, 1.165) is 4.90 Å². The van der Waals surface area contributed by atoms with Gasteiger partial charge in [-0.2, -0.15) is 0 Å². The van der Waals surface area contributed by atoms with E-state index in [0.29, 0.717) is 22.5 Å². The van der Waals surface area contributed by atoms with Crippen molar-refractivity contribution in [3.63, 3.8) is 0 Å². The van der Waals surface area contributed by atoms with Crippen LogP contribution in [-0.2, 0) is 5.88 Å². The summed E-state index contributed by atoms with van der Waals surface area (Å²) in [6, 6.07) is 14.7. The molecule has 0 spiro atoms. The van der Waals surface area contributed by atoms with Crippen LogP contribution in [0, 0.1) is 0 Å². The summed E-state index contributed by atoms with van der Waals surface area (Å²) in [7, 11) is 0. The van der Waals surface area contributed by atoms with Crippen LogP contribution >= 0.6 is 11.8 Å². The minimum atomic E-state index is -0.132. The molecule has 0 aliphatic heterocycles. The van der Waals surface area contributed by atoms with Crippen LogP contribution in [0.25, 0.3) is 10.9 Å². The summed E-state index contributed by atoms with van der Waals surface area (Å²) in [6.07, 6.45) is 0. The van der Waals surface area contributed by atoms with Crippen LogP contribution in [0.4, 0.5) is 5.69 Å². The van der Waals surface area contributed by atoms with Crippen molar-refractivity contribution in [2.75, 3.05) is 5.73 Å². The smallest absolute Gasteiger partial charge is 0.278 e. The van der Waals surface area contributed by atoms with E-state index in [9.17, 15) is 4.79 Å². The molecule has 2 N–H and O–H groups in total. The second kappa shape index (κ2) is 5.34. The summed E-state index contributed by atoms with van der Waals surface area (Å²) in [4.78, 5) is 13.2. The first-order valence-electron chi connectivity index (χ1n) is 6.05.